The number of nitrogens with zero attached hydrogens (tertiary/aromatic N) is 2. The van der Waals surface area contributed by atoms with Crippen LogP contribution in [-0.4, -0.2) is 12.0 Å². The Labute approximate surface area is 160 Å². The molecule has 4 saturated carbocycles. The number of nitro benzene ring substituents is 1. The fourth-order valence-corrected chi connectivity index (χ4v) is 6.54. The second-order valence-electron chi connectivity index (χ2n) is 9.05. The van der Waals surface area contributed by atoms with E-state index in [9.17, 15) is 10.1 Å². The molecule has 27 heavy (non-hydrogen) atoms. The molecule has 0 radical (unpaired) electrons. The molecule has 140 valence electrons. The summed E-state index contributed by atoms with van der Waals surface area (Å²) in [5.74, 6) is 2.81. The van der Waals surface area contributed by atoms with Crippen molar-refractivity contribution >= 4 is 17.1 Å². The SMILES string of the molecule is CN(c1ccc(C23CC4CC(CC(C4)C2)C3)cc1)c1ccccc1[N+](=O)[O-]. The van der Waals surface area contributed by atoms with Gasteiger partial charge in [-0.3, -0.25) is 10.1 Å². The van der Waals surface area contributed by atoms with Crippen LogP contribution < -0.4 is 4.90 Å². The van der Waals surface area contributed by atoms with Crippen LogP contribution in [0.1, 0.15) is 44.1 Å². The zero-order chi connectivity index (χ0) is 18.6. The van der Waals surface area contributed by atoms with Crippen molar-refractivity contribution in [2.45, 2.75) is 43.9 Å². The van der Waals surface area contributed by atoms with E-state index in [2.05, 4.69) is 24.3 Å². The molecular formula is C23H26N2O2. The Morgan fingerprint density at radius 3 is 2.04 bits per heavy atom. The Hall–Kier alpha value is -2.36. The van der Waals surface area contributed by atoms with E-state index in [-0.39, 0.29) is 10.6 Å². The van der Waals surface area contributed by atoms with E-state index < -0.39 is 0 Å². The highest BCUT2D eigenvalue weighted by atomic mass is 16.6. The number of para-hydroxylation sites is 2. The molecule has 0 atom stereocenters. The minimum atomic E-state index is -0.310. The van der Waals surface area contributed by atoms with Crippen LogP contribution in [0.25, 0.3) is 0 Å². The van der Waals surface area contributed by atoms with Crippen molar-refractivity contribution in [2.75, 3.05) is 11.9 Å². The van der Waals surface area contributed by atoms with E-state index >= 15 is 0 Å². The Morgan fingerprint density at radius 1 is 0.926 bits per heavy atom. The first-order valence-corrected chi connectivity index (χ1v) is 10.1. The third-order valence-corrected chi connectivity index (χ3v) is 7.34. The third kappa shape index (κ3) is 2.73. The average Bonchev–Trinajstić information content (AvgIpc) is 2.66. The summed E-state index contributed by atoms with van der Waals surface area (Å²) in [4.78, 5) is 13.0. The molecule has 0 amide bonds. The number of benzene rings is 2. The Morgan fingerprint density at radius 2 is 1.48 bits per heavy atom. The second-order valence-corrected chi connectivity index (χ2v) is 9.05. The van der Waals surface area contributed by atoms with Gasteiger partial charge in [0.2, 0.25) is 0 Å². The van der Waals surface area contributed by atoms with Gasteiger partial charge in [0.1, 0.15) is 5.69 Å². The van der Waals surface area contributed by atoms with E-state index in [1.165, 1.54) is 44.1 Å². The maximum Gasteiger partial charge on any atom is 0.292 e. The van der Waals surface area contributed by atoms with Crippen LogP contribution in [0.15, 0.2) is 48.5 Å². The van der Waals surface area contributed by atoms with E-state index in [1.807, 2.05) is 24.1 Å². The lowest BCUT2D eigenvalue weighted by atomic mass is 9.48. The molecule has 4 aliphatic carbocycles. The molecule has 4 nitrogen and oxygen atoms in total. The molecule has 0 N–H and O–H groups in total. The molecule has 4 heteroatoms. The summed E-state index contributed by atoms with van der Waals surface area (Å²) < 4.78 is 0. The van der Waals surface area contributed by atoms with Crippen LogP contribution in [0.3, 0.4) is 0 Å². The van der Waals surface area contributed by atoms with Gasteiger partial charge in [0.15, 0.2) is 0 Å². The first kappa shape index (κ1) is 16.8. The molecule has 0 spiro atoms. The molecule has 6 rings (SSSR count). The van der Waals surface area contributed by atoms with E-state index in [4.69, 9.17) is 0 Å². The van der Waals surface area contributed by atoms with Crippen LogP contribution in [-0.2, 0) is 5.41 Å². The van der Waals surface area contributed by atoms with Gasteiger partial charge in [0.25, 0.3) is 5.69 Å². The summed E-state index contributed by atoms with van der Waals surface area (Å²) in [7, 11) is 1.90. The van der Waals surface area contributed by atoms with Crippen molar-refractivity contribution in [1.29, 1.82) is 0 Å². The standard InChI is InChI=1S/C23H26N2O2/c1-24(21-4-2-3-5-22(21)25(26)27)20-8-6-19(7-9-20)23-13-16-10-17(14-23)12-18(11-16)15-23/h2-9,16-18H,10-15H2,1H3. The van der Waals surface area contributed by atoms with Gasteiger partial charge in [0.05, 0.1) is 4.92 Å². The van der Waals surface area contributed by atoms with Gasteiger partial charge in [0, 0.05) is 18.8 Å². The lowest BCUT2D eigenvalue weighted by Crippen LogP contribution is -2.48. The van der Waals surface area contributed by atoms with Gasteiger partial charge < -0.3 is 4.90 Å². The van der Waals surface area contributed by atoms with Crippen LogP contribution >= 0.6 is 0 Å². The van der Waals surface area contributed by atoms with Gasteiger partial charge in [-0.1, -0.05) is 24.3 Å². The molecule has 0 aliphatic heterocycles. The summed E-state index contributed by atoms with van der Waals surface area (Å²) >= 11 is 0. The molecule has 0 heterocycles. The first-order chi connectivity index (χ1) is 13.0. The number of nitro groups is 1. The number of hydrogen-bond donors (Lipinski definition) is 0. The molecule has 2 aromatic carbocycles. The fourth-order valence-electron chi connectivity index (χ4n) is 6.54. The summed E-state index contributed by atoms with van der Waals surface area (Å²) in [6, 6.07) is 15.8. The van der Waals surface area contributed by atoms with Crippen molar-refractivity contribution in [2.24, 2.45) is 17.8 Å². The van der Waals surface area contributed by atoms with Crippen molar-refractivity contribution < 1.29 is 4.92 Å². The molecular weight excluding hydrogens is 336 g/mol. The predicted octanol–water partition coefficient (Wildman–Crippen LogP) is 5.83. The zero-order valence-electron chi connectivity index (χ0n) is 15.8. The maximum absolute atomic E-state index is 11.4. The summed E-state index contributed by atoms with van der Waals surface area (Å²) in [5, 5.41) is 11.4. The third-order valence-electron chi connectivity index (χ3n) is 7.34. The van der Waals surface area contributed by atoms with Crippen molar-refractivity contribution in [3.63, 3.8) is 0 Å². The summed E-state index contributed by atoms with van der Waals surface area (Å²) in [5.41, 5.74) is 3.65. The quantitative estimate of drug-likeness (QED) is 0.508. The van der Waals surface area contributed by atoms with Gasteiger partial charge in [-0.2, -0.15) is 0 Å². The number of anilines is 2. The monoisotopic (exact) mass is 362 g/mol. The highest BCUT2D eigenvalue weighted by Gasteiger charge is 2.51. The van der Waals surface area contributed by atoms with Gasteiger partial charge in [-0.05, 0) is 85.5 Å². The Bertz CT molecular complexity index is 839. The number of rotatable bonds is 4. The van der Waals surface area contributed by atoms with Crippen molar-refractivity contribution in [1.82, 2.24) is 0 Å². The smallest absolute Gasteiger partial charge is 0.292 e. The minimum Gasteiger partial charge on any atom is -0.339 e. The highest BCUT2D eigenvalue weighted by molar-refractivity contribution is 5.71. The molecule has 4 fully saturated rings. The van der Waals surface area contributed by atoms with Crippen LogP contribution in [0.2, 0.25) is 0 Å². The molecule has 2 aromatic rings. The topological polar surface area (TPSA) is 46.4 Å². The van der Waals surface area contributed by atoms with Crippen LogP contribution in [0.4, 0.5) is 17.1 Å². The molecule has 4 bridgehead atoms. The van der Waals surface area contributed by atoms with Gasteiger partial charge in [-0.25, -0.2) is 0 Å². The predicted molar refractivity (Wildman–Crippen MR) is 107 cm³/mol. The molecule has 0 unspecified atom stereocenters. The van der Waals surface area contributed by atoms with Crippen molar-refractivity contribution in [3.05, 3.63) is 64.2 Å². The molecule has 0 aromatic heterocycles. The fraction of sp³-hybridized carbons (Fsp3) is 0.478. The van der Waals surface area contributed by atoms with E-state index in [0.717, 1.165) is 23.4 Å². The van der Waals surface area contributed by atoms with Crippen LogP contribution in [0.5, 0.6) is 0 Å². The minimum absolute atomic E-state index is 0.144. The van der Waals surface area contributed by atoms with Gasteiger partial charge >= 0.3 is 0 Å². The number of hydrogen-bond acceptors (Lipinski definition) is 3. The Balaban J connectivity index is 1.44. The van der Waals surface area contributed by atoms with E-state index in [0.29, 0.717) is 11.1 Å². The average molecular weight is 362 g/mol. The zero-order valence-corrected chi connectivity index (χ0v) is 15.8. The lowest BCUT2D eigenvalue weighted by Gasteiger charge is -2.57. The normalized spacial score (nSPS) is 31.1. The Kier molecular flexibility index (Phi) is 3.78. The van der Waals surface area contributed by atoms with E-state index in [1.54, 1.807) is 12.1 Å². The maximum atomic E-state index is 11.4. The second kappa shape index (κ2) is 6.08. The van der Waals surface area contributed by atoms with Crippen LogP contribution in [0, 0.1) is 27.9 Å². The first-order valence-electron chi connectivity index (χ1n) is 10.1. The molecule has 0 saturated heterocycles. The molecule has 4 aliphatic rings. The largest absolute Gasteiger partial charge is 0.339 e. The van der Waals surface area contributed by atoms with Gasteiger partial charge in [-0.15, -0.1) is 0 Å². The highest BCUT2D eigenvalue weighted by Crippen LogP contribution is 2.60. The van der Waals surface area contributed by atoms with Crippen molar-refractivity contribution in [3.8, 4) is 0 Å². The summed E-state index contributed by atoms with van der Waals surface area (Å²) in [6.45, 7) is 0. The lowest BCUT2D eigenvalue weighted by molar-refractivity contribution is -0.384. The summed E-state index contributed by atoms with van der Waals surface area (Å²) in [6.07, 6.45) is 8.45.